The summed E-state index contributed by atoms with van der Waals surface area (Å²) in [6.07, 6.45) is 0. The summed E-state index contributed by atoms with van der Waals surface area (Å²) >= 11 is 5.87. The number of rotatable bonds is 5. The maximum atomic E-state index is 11.8. The number of halogens is 1. The monoisotopic (exact) mass is 331 g/mol. The van der Waals surface area contributed by atoms with Crippen molar-refractivity contribution in [3.05, 3.63) is 64.7 Å². The lowest BCUT2D eigenvalue weighted by atomic mass is 10.2. The first-order chi connectivity index (χ1) is 11.0. The molecular formula is C17H18ClN3O2. The molecule has 0 radical (unpaired) electrons. The van der Waals surface area contributed by atoms with Crippen LogP contribution in [-0.4, -0.2) is 18.5 Å². The van der Waals surface area contributed by atoms with E-state index in [0.717, 1.165) is 16.8 Å². The summed E-state index contributed by atoms with van der Waals surface area (Å²) < 4.78 is 0. The van der Waals surface area contributed by atoms with Gasteiger partial charge in [0.25, 0.3) is 0 Å². The quantitative estimate of drug-likeness (QED) is 0.788. The number of imide groups is 1. The normalized spacial score (nSPS) is 10.0. The first-order valence-electron chi connectivity index (χ1n) is 7.16. The molecule has 0 bridgehead atoms. The smallest absolute Gasteiger partial charge is 0.321 e. The molecule has 0 unspecified atom stereocenters. The van der Waals surface area contributed by atoms with Crippen LogP contribution in [0.5, 0.6) is 0 Å². The van der Waals surface area contributed by atoms with Gasteiger partial charge in [-0.15, -0.1) is 0 Å². The molecule has 6 heteroatoms. The highest BCUT2D eigenvalue weighted by atomic mass is 35.5. The van der Waals surface area contributed by atoms with Crippen molar-refractivity contribution in [3.8, 4) is 0 Å². The number of carbonyl (C=O) groups is 2. The SMILES string of the molecule is Cc1cc(Cl)ccc1NCC(=O)NC(=O)NCc1ccccc1. The molecule has 3 N–H and O–H groups in total. The minimum Gasteiger partial charge on any atom is -0.376 e. The van der Waals surface area contributed by atoms with Crippen LogP contribution in [0.15, 0.2) is 48.5 Å². The van der Waals surface area contributed by atoms with E-state index in [2.05, 4.69) is 16.0 Å². The fraction of sp³-hybridized carbons (Fsp3) is 0.176. The van der Waals surface area contributed by atoms with Gasteiger partial charge in [-0.25, -0.2) is 4.79 Å². The number of nitrogens with one attached hydrogen (secondary N) is 3. The van der Waals surface area contributed by atoms with E-state index < -0.39 is 11.9 Å². The summed E-state index contributed by atoms with van der Waals surface area (Å²) in [4.78, 5) is 23.4. The van der Waals surface area contributed by atoms with Crippen molar-refractivity contribution in [2.24, 2.45) is 0 Å². The van der Waals surface area contributed by atoms with Gasteiger partial charge in [0.2, 0.25) is 5.91 Å². The molecule has 0 atom stereocenters. The van der Waals surface area contributed by atoms with Crippen molar-refractivity contribution in [1.29, 1.82) is 0 Å². The van der Waals surface area contributed by atoms with E-state index in [1.165, 1.54) is 0 Å². The zero-order valence-corrected chi connectivity index (χ0v) is 13.5. The Bertz CT molecular complexity index is 689. The molecule has 120 valence electrons. The molecule has 0 aliphatic rings. The van der Waals surface area contributed by atoms with Crippen LogP contribution in [0.3, 0.4) is 0 Å². The van der Waals surface area contributed by atoms with Gasteiger partial charge in [0, 0.05) is 17.3 Å². The summed E-state index contributed by atoms with van der Waals surface area (Å²) in [5.41, 5.74) is 2.69. The third-order valence-corrected chi connectivity index (χ3v) is 3.41. The molecule has 3 amide bonds. The fourth-order valence-electron chi connectivity index (χ4n) is 1.99. The predicted molar refractivity (Wildman–Crippen MR) is 91.5 cm³/mol. The molecule has 2 aromatic rings. The Hall–Kier alpha value is -2.53. The molecule has 2 aromatic carbocycles. The standard InChI is InChI=1S/C17H18ClN3O2/c1-12-9-14(18)7-8-15(12)19-11-16(22)21-17(23)20-10-13-5-3-2-4-6-13/h2-9,19H,10-11H2,1H3,(H2,20,21,22,23). The zero-order chi connectivity index (χ0) is 16.7. The van der Waals surface area contributed by atoms with Crippen molar-refractivity contribution >= 4 is 29.2 Å². The van der Waals surface area contributed by atoms with Crippen LogP contribution in [0, 0.1) is 6.92 Å². The molecule has 2 rings (SSSR count). The molecule has 0 aromatic heterocycles. The number of amides is 3. The van der Waals surface area contributed by atoms with Crippen LogP contribution >= 0.6 is 11.6 Å². The van der Waals surface area contributed by atoms with Crippen molar-refractivity contribution in [2.75, 3.05) is 11.9 Å². The Morgan fingerprint density at radius 3 is 2.52 bits per heavy atom. The number of urea groups is 1. The summed E-state index contributed by atoms with van der Waals surface area (Å²) in [5, 5.41) is 8.51. The van der Waals surface area contributed by atoms with Gasteiger partial charge in [0.15, 0.2) is 0 Å². The lowest BCUT2D eigenvalue weighted by molar-refractivity contribution is -0.118. The first-order valence-corrected chi connectivity index (χ1v) is 7.54. The van der Waals surface area contributed by atoms with E-state index in [0.29, 0.717) is 11.6 Å². The number of hydrogen-bond donors (Lipinski definition) is 3. The topological polar surface area (TPSA) is 70.2 Å². The van der Waals surface area contributed by atoms with Gasteiger partial charge < -0.3 is 10.6 Å². The largest absolute Gasteiger partial charge is 0.376 e. The van der Waals surface area contributed by atoms with Gasteiger partial charge in [-0.2, -0.15) is 0 Å². The van der Waals surface area contributed by atoms with Crippen LogP contribution in [0.2, 0.25) is 5.02 Å². The molecule has 0 spiro atoms. The second kappa shape index (κ2) is 8.19. The van der Waals surface area contributed by atoms with E-state index in [9.17, 15) is 9.59 Å². The van der Waals surface area contributed by atoms with Crippen molar-refractivity contribution in [2.45, 2.75) is 13.5 Å². The highest BCUT2D eigenvalue weighted by Gasteiger charge is 2.08. The summed E-state index contributed by atoms with van der Waals surface area (Å²) in [6.45, 7) is 2.25. The summed E-state index contributed by atoms with van der Waals surface area (Å²) in [6, 6.07) is 14.3. The van der Waals surface area contributed by atoms with Crippen LogP contribution in [0.25, 0.3) is 0 Å². The maximum Gasteiger partial charge on any atom is 0.321 e. The molecule has 0 heterocycles. The number of hydrogen-bond acceptors (Lipinski definition) is 3. The fourth-order valence-corrected chi connectivity index (χ4v) is 2.22. The average Bonchev–Trinajstić information content (AvgIpc) is 2.53. The molecule has 0 saturated heterocycles. The first kappa shape index (κ1) is 16.8. The molecule has 23 heavy (non-hydrogen) atoms. The van der Waals surface area contributed by atoms with Gasteiger partial charge in [0.05, 0.1) is 6.54 Å². The minimum atomic E-state index is -0.520. The molecule has 0 aliphatic carbocycles. The third-order valence-electron chi connectivity index (χ3n) is 3.18. The second-order valence-corrected chi connectivity index (χ2v) is 5.47. The third kappa shape index (κ3) is 5.64. The van der Waals surface area contributed by atoms with Crippen molar-refractivity contribution in [1.82, 2.24) is 10.6 Å². The van der Waals surface area contributed by atoms with E-state index in [1.807, 2.05) is 37.3 Å². The highest BCUT2D eigenvalue weighted by Crippen LogP contribution is 2.19. The van der Waals surface area contributed by atoms with Gasteiger partial charge in [-0.05, 0) is 36.2 Å². The van der Waals surface area contributed by atoms with E-state index in [-0.39, 0.29) is 6.54 Å². The Labute approximate surface area is 140 Å². The van der Waals surface area contributed by atoms with Gasteiger partial charge in [0.1, 0.15) is 0 Å². The Morgan fingerprint density at radius 1 is 1.09 bits per heavy atom. The van der Waals surface area contributed by atoms with Crippen molar-refractivity contribution < 1.29 is 9.59 Å². The lowest BCUT2D eigenvalue weighted by Gasteiger charge is -2.10. The van der Waals surface area contributed by atoms with Crippen LogP contribution < -0.4 is 16.0 Å². The molecule has 5 nitrogen and oxygen atoms in total. The highest BCUT2D eigenvalue weighted by molar-refractivity contribution is 6.30. The zero-order valence-electron chi connectivity index (χ0n) is 12.7. The van der Waals surface area contributed by atoms with E-state index >= 15 is 0 Å². The lowest BCUT2D eigenvalue weighted by Crippen LogP contribution is -2.41. The summed E-state index contributed by atoms with van der Waals surface area (Å²) in [5.74, 6) is -0.412. The molecule has 0 aliphatic heterocycles. The number of carbonyl (C=O) groups excluding carboxylic acids is 2. The molecular weight excluding hydrogens is 314 g/mol. The van der Waals surface area contributed by atoms with Crippen molar-refractivity contribution in [3.63, 3.8) is 0 Å². The van der Waals surface area contributed by atoms with Crippen LogP contribution in [0.1, 0.15) is 11.1 Å². The maximum absolute atomic E-state index is 11.8. The molecule has 0 fully saturated rings. The Morgan fingerprint density at radius 2 is 1.83 bits per heavy atom. The van der Waals surface area contributed by atoms with Gasteiger partial charge >= 0.3 is 6.03 Å². The Balaban J connectivity index is 1.74. The number of benzene rings is 2. The van der Waals surface area contributed by atoms with Crippen LogP contribution in [0.4, 0.5) is 10.5 Å². The second-order valence-electron chi connectivity index (χ2n) is 5.03. The predicted octanol–water partition coefficient (Wildman–Crippen LogP) is 3.09. The van der Waals surface area contributed by atoms with Crippen LogP contribution in [-0.2, 0) is 11.3 Å². The van der Waals surface area contributed by atoms with E-state index in [1.54, 1.807) is 18.2 Å². The van der Waals surface area contributed by atoms with Gasteiger partial charge in [-0.3, -0.25) is 10.1 Å². The number of anilines is 1. The van der Waals surface area contributed by atoms with E-state index in [4.69, 9.17) is 11.6 Å². The molecule has 0 saturated carbocycles. The van der Waals surface area contributed by atoms with Gasteiger partial charge in [-0.1, -0.05) is 41.9 Å². The minimum absolute atomic E-state index is 0.00122. The average molecular weight is 332 g/mol. The Kier molecular flexibility index (Phi) is 6.00. The number of aryl methyl sites for hydroxylation is 1. The summed E-state index contributed by atoms with van der Waals surface area (Å²) in [7, 11) is 0.